The molecular formula is C7H10N2O6. The number of hydrogen-bond donors (Lipinski definition) is 0. The molecule has 2 fully saturated rings. The van der Waals surface area contributed by atoms with Crippen molar-refractivity contribution in [1.29, 1.82) is 0 Å². The molecule has 0 bridgehead atoms. The lowest BCUT2D eigenvalue weighted by molar-refractivity contribution is -0.769. The van der Waals surface area contributed by atoms with E-state index >= 15 is 0 Å². The van der Waals surface area contributed by atoms with E-state index in [1.54, 1.807) is 0 Å². The summed E-state index contributed by atoms with van der Waals surface area (Å²) in [5.41, 5.74) is 0.439. The summed E-state index contributed by atoms with van der Waals surface area (Å²) in [6.07, 6.45) is -1.82. The Morgan fingerprint density at radius 3 is 2.80 bits per heavy atom. The molecule has 0 saturated carbocycles. The van der Waals surface area contributed by atoms with E-state index < -0.39 is 23.4 Å². The molecule has 2 aliphatic rings. The van der Waals surface area contributed by atoms with Gasteiger partial charge in [-0.3, -0.25) is 0 Å². The molecular weight excluding hydrogens is 208 g/mol. The van der Waals surface area contributed by atoms with Crippen LogP contribution in [-0.2, 0) is 14.3 Å². The van der Waals surface area contributed by atoms with Crippen LogP contribution in [0.1, 0.15) is 0 Å². The summed E-state index contributed by atoms with van der Waals surface area (Å²) in [7, 11) is 1.34. The van der Waals surface area contributed by atoms with Crippen LogP contribution in [0, 0.1) is 15.3 Å². The SMILES string of the molecule is C/[N+]([O-])=C1/CO[C@@H]2[C@@H](O[N+](=O)[O-])CO[C@H]12. The average Bonchev–Trinajstić information content (AvgIpc) is 2.66. The number of hydrogen-bond acceptors (Lipinski definition) is 6. The number of rotatable bonds is 2. The minimum atomic E-state index is -0.876. The zero-order chi connectivity index (χ0) is 11.0. The fourth-order valence-corrected chi connectivity index (χ4v) is 1.80. The van der Waals surface area contributed by atoms with Crippen molar-refractivity contribution in [3.05, 3.63) is 15.3 Å². The average molecular weight is 218 g/mol. The maximum absolute atomic E-state index is 11.1. The number of ether oxygens (including phenoxy) is 2. The molecule has 0 N–H and O–H groups in total. The molecule has 0 aliphatic carbocycles. The number of fused-ring (bicyclic) bond motifs is 1. The Bertz CT molecular complexity index is 313. The van der Waals surface area contributed by atoms with Gasteiger partial charge in [0.25, 0.3) is 5.09 Å². The van der Waals surface area contributed by atoms with Gasteiger partial charge in [-0.05, 0) is 0 Å². The summed E-state index contributed by atoms with van der Waals surface area (Å²) in [5, 5.41) is 20.3. The van der Waals surface area contributed by atoms with Crippen LogP contribution in [0.4, 0.5) is 0 Å². The van der Waals surface area contributed by atoms with Gasteiger partial charge in [-0.25, -0.2) is 4.74 Å². The number of hydroxylamine groups is 1. The molecule has 15 heavy (non-hydrogen) atoms. The van der Waals surface area contributed by atoms with Crippen LogP contribution in [0.3, 0.4) is 0 Å². The lowest BCUT2D eigenvalue weighted by atomic mass is 10.1. The largest absolute Gasteiger partial charge is 0.624 e. The minimum Gasteiger partial charge on any atom is -0.624 e. The molecule has 2 saturated heterocycles. The standard InChI is InChI=1S/C7H10N2O6/c1-8(10)4-2-13-7-5(15-9(11)12)3-14-6(4)7/h5-7H,2-3H2,1H3/b8-4+/t5-,6+,7+/m0/s1. The lowest BCUT2D eigenvalue weighted by Crippen LogP contribution is -2.34. The van der Waals surface area contributed by atoms with Crippen molar-refractivity contribution in [3.8, 4) is 0 Å². The van der Waals surface area contributed by atoms with Crippen LogP contribution in [0.25, 0.3) is 0 Å². The Labute approximate surface area is 84.7 Å². The monoisotopic (exact) mass is 218 g/mol. The highest BCUT2D eigenvalue weighted by Crippen LogP contribution is 2.26. The zero-order valence-corrected chi connectivity index (χ0v) is 7.99. The van der Waals surface area contributed by atoms with Crippen molar-refractivity contribution in [2.24, 2.45) is 0 Å². The lowest BCUT2D eigenvalue weighted by Gasteiger charge is -2.11. The summed E-state index contributed by atoms with van der Waals surface area (Å²) in [6.45, 7) is 0.195. The van der Waals surface area contributed by atoms with Gasteiger partial charge in [0.15, 0.2) is 12.2 Å². The molecule has 8 heteroatoms. The minimum absolute atomic E-state index is 0.0631. The smallest absolute Gasteiger partial charge is 0.294 e. The third-order valence-corrected chi connectivity index (χ3v) is 2.48. The van der Waals surface area contributed by atoms with E-state index in [1.807, 2.05) is 0 Å². The normalized spacial score (nSPS) is 37.5. The van der Waals surface area contributed by atoms with Crippen molar-refractivity contribution < 1.29 is 24.1 Å². The van der Waals surface area contributed by atoms with Gasteiger partial charge in [-0.2, -0.15) is 0 Å². The van der Waals surface area contributed by atoms with Gasteiger partial charge >= 0.3 is 0 Å². The van der Waals surface area contributed by atoms with Crippen molar-refractivity contribution >= 4 is 5.71 Å². The summed E-state index contributed by atoms with van der Waals surface area (Å²) < 4.78 is 11.1. The van der Waals surface area contributed by atoms with Crippen LogP contribution in [0.5, 0.6) is 0 Å². The fourth-order valence-electron chi connectivity index (χ4n) is 1.80. The molecule has 0 amide bonds. The Morgan fingerprint density at radius 1 is 1.47 bits per heavy atom. The topological polar surface area (TPSA) is 96.9 Å². The van der Waals surface area contributed by atoms with E-state index in [9.17, 15) is 15.3 Å². The highest BCUT2D eigenvalue weighted by atomic mass is 17.0. The van der Waals surface area contributed by atoms with Crippen LogP contribution in [0.2, 0.25) is 0 Å². The van der Waals surface area contributed by atoms with Crippen LogP contribution in [0.15, 0.2) is 0 Å². The van der Waals surface area contributed by atoms with E-state index in [0.29, 0.717) is 10.5 Å². The van der Waals surface area contributed by atoms with E-state index in [4.69, 9.17) is 9.47 Å². The second-order valence-corrected chi connectivity index (χ2v) is 3.39. The maximum atomic E-state index is 11.1. The van der Waals surface area contributed by atoms with E-state index in [1.165, 1.54) is 7.05 Å². The summed E-state index contributed by atoms with van der Waals surface area (Å²) in [5.74, 6) is 0. The molecule has 0 aromatic carbocycles. The third kappa shape index (κ3) is 1.73. The van der Waals surface area contributed by atoms with Gasteiger partial charge in [-0.1, -0.05) is 0 Å². The van der Waals surface area contributed by atoms with Gasteiger partial charge in [0, 0.05) is 0 Å². The first-order valence-corrected chi connectivity index (χ1v) is 4.40. The molecule has 0 spiro atoms. The highest BCUT2D eigenvalue weighted by molar-refractivity contribution is 5.88. The Morgan fingerprint density at radius 2 is 2.20 bits per heavy atom. The summed E-state index contributed by atoms with van der Waals surface area (Å²) >= 11 is 0. The first-order chi connectivity index (χ1) is 7.09. The van der Waals surface area contributed by atoms with Crippen molar-refractivity contribution in [3.63, 3.8) is 0 Å². The molecule has 0 aromatic heterocycles. The Kier molecular flexibility index (Phi) is 2.45. The van der Waals surface area contributed by atoms with Gasteiger partial charge in [-0.15, -0.1) is 10.1 Å². The van der Waals surface area contributed by atoms with E-state index in [-0.39, 0.29) is 13.2 Å². The predicted octanol–water partition coefficient (Wildman–Crippen LogP) is -1.06. The molecule has 0 radical (unpaired) electrons. The molecule has 84 valence electrons. The molecule has 2 rings (SSSR count). The van der Waals surface area contributed by atoms with Gasteiger partial charge in [0.2, 0.25) is 5.71 Å². The van der Waals surface area contributed by atoms with Crippen molar-refractivity contribution in [2.75, 3.05) is 20.3 Å². The second-order valence-electron chi connectivity index (χ2n) is 3.39. The molecule has 2 aliphatic heterocycles. The zero-order valence-electron chi connectivity index (χ0n) is 7.99. The molecule has 2 heterocycles. The van der Waals surface area contributed by atoms with Crippen molar-refractivity contribution in [2.45, 2.75) is 18.3 Å². The van der Waals surface area contributed by atoms with E-state index in [0.717, 1.165) is 0 Å². The van der Waals surface area contributed by atoms with Crippen LogP contribution < -0.4 is 0 Å². The van der Waals surface area contributed by atoms with Crippen LogP contribution >= 0.6 is 0 Å². The first-order valence-electron chi connectivity index (χ1n) is 4.40. The quantitative estimate of drug-likeness (QED) is 0.254. The second kappa shape index (κ2) is 3.63. The maximum Gasteiger partial charge on any atom is 0.294 e. The van der Waals surface area contributed by atoms with Gasteiger partial charge in [0.1, 0.15) is 19.8 Å². The van der Waals surface area contributed by atoms with E-state index in [2.05, 4.69) is 4.84 Å². The molecule has 8 nitrogen and oxygen atoms in total. The fraction of sp³-hybridized carbons (Fsp3) is 0.857. The summed E-state index contributed by atoms with van der Waals surface area (Å²) in [4.78, 5) is 14.5. The molecule has 3 atom stereocenters. The first kappa shape index (κ1) is 10.1. The summed E-state index contributed by atoms with van der Waals surface area (Å²) in [6, 6.07) is 0. The predicted molar refractivity (Wildman–Crippen MR) is 45.9 cm³/mol. The highest BCUT2D eigenvalue weighted by Gasteiger charge is 2.50. The third-order valence-electron chi connectivity index (χ3n) is 2.48. The van der Waals surface area contributed by atoms with Crippen molar-refractivity contribution in [1.82, 2.24) is 0 Å². The number of nitrogens with zero attached hydrogens (tertiary/aromatic N) is 2. The molecule has 0 aromatic rings. The Hall–Kier alpha value is -1.41. The van der Waals surface area contributed by atoms with Gasteiger partial charge in [0.05, 0.1) is 6.61 Å². The Balaban J connectivity index is 2.09. The van der Waals surface area contributed by atoms with Crippen LogP contribution in [-0.4, -0.2) is 54.1 Å². The molecule has 0 unspecified atom stereocenters. The van der Waals surface area contributed by atoms with Gasteiger partial charge < -0.3 is 19.5 Å².